The lowest BCUT2D eigenvalue weighted by Crippen LogP contribution is -2.31. The average Bonchev–Trinajstić information content (AvgIpc) is 2.58. The van der Waals surface area contributed by atoms with Gasteiger partial charge in [-0.05, 0) is 48.4 Å². The van der Waals surface area contributed by atoms with Crippen molar-refractivity contribution in [2.24, 2.45) is 0 Å². The maximum absolute atomic E-state index is 12.5. The van der Waals surface area contributed by atoms with Crippen LogP contribution in [-0.2, 0) is 21.2 Å². The second kappa shape index (κ2) is 6.21. The van der Waals surface area contributed by atoms with Gasteiger partial charge in [-0.15, -0.1) is 0 Å². The fourth-order valence-electron chi connectivity index (χ4n) is 2.73. The van der Waals surface area contributed by atoms with Crippen LogP contribution >= 0.6 is 0 Å². The number of hydrogen-bond donors (Lipinski definition) is 2. The first-order valence-corrected chi connectivity index (χ1v) is 9.02. The normalized spacial score (nSPS) is 14.1. The molecule has 2 N–H and O–H groups in total. The fraction of sp³-hybridized carbons (Fsp3) is 0.176. The summed E-state index contributed by atoms with van der Waals surface area (Å²) < 4.78 is 27.4. The summed E-state index contributed by atoms with van der Waals surface area (Å²) in [6, 6.07) is 10.1. The van der Waals surface area contributed by atoms with Crippen molar-refractivity contribution in [2.45, 2.75) is 17.7 Å². The van der Waals surface area contributed by atoms with Gasteiger partial charge in [-0.2, -0.15) is 0 Å². The molecule has 1 heterocycles. The highest BCUT2D eigenvalue weighted by molar-refractivity contribution is 7.92. The van der Waals surface area contributed by atoms with Gasteiger partial charge in [0.05, 0.1) is 10.5 Å². The zero-order valence-electron chi connectivity index (χ0n) is 13.4. The van der Waals surface area contributed by atoms with Crippen molar-refractivity contribution in [3.63, 3.8) is 0 Å². The molecule has 0 saturated heterocycles. The predicted molar refractivity (Wildman–Crippen MR) is 92.4 cm³/mol. The van der Waals surface area contributed by atoms with Gasteiger partial charge in [0.15, 0.2) is 0 Å². The Morgan fingerprint density at radius 2 is 1.92 bits per heavy atom. The molecule has 0 atom stereocenters. The SMILES string of the molecule is CN1C(=O)CCc2cc(NS(=O)(=O)c3cccc(C(=O)O)c3)ccc21. The number of rotatable bonds is 4. The Hall–Kier alpha value is -2.87. The summed E-state index contributed by atoms with van der Waals surface area (Å²) in [5.74, 6) is -1.18. The van der Waals surface area contributed by atoms with E-state index in [1.807, 2.05) is 0 Å². The van der Waals surface area contributed by atoms with E-state index in [-0.39, 0.29) is 16.4 Å². The minimum Gasteiger partial charge on any atom is -0.478 e. The molecule has 1 aliphatic heterocycles. The van der Waals surface area contributed by atoms with E-state index >= 15 is 0 Å². The largest absolute Gasteiger partial charge is 0.478 e. The van der Waals surface area contributed by atoms with Crippen molar-refractivity contribution in [1.82, 2.24) is 0 Å². The number of benzene rings is 2. The highest BCUT2D eigenvalue weighted by Gasteiger charge is 2.22. The molecule has 2 aromatic carbocycles. The van der Waals surface area contributed by atoms with E-state index < -0.39 is 16.0 Å². The molecule has 0 spiro atoms. The number of sulfonamides is 1. The van der Waals surface area contributed by atoms with Crippen LogP contribution in [0, 0.1) is 0 Å². The van der Waals surface area contributed by atoms with Crippen LogP contribution in [-0.4, -0.2) is 32.4 Å². The number of aromatic carboxylic acids is 1. The summed E-state index contributed by atoms with van der Waals surface area (Å²) in [5, 5.41) is 9.00. The number of nitrogens with one attached hydrogen (secondary N) is 1. The maximum atomic E-state index is 12.5. The van der Waals surface area contributed by atoms with Crippen molar-refractivity contribution in [2.75, 3.05) is 16.7 Å². The summed E-state index contributed by atoms with van der Waals surface area (Å²) in [7, 11) is -2.23. The highest BCUT2D eigenvalue weighted by atomic mass is 32.2. The number of hydrogen-bond acceptors (Lipinski definition) is 4. The molecule has 0 fully saturated rings. The summed E-state index contributed by atoms with van der Waals surface area (Å²) in [4.78, 5) is 24.1. The van der Waals surface area contributed by atoms with Gasteiger partial charge in [-0.25, -0.2) is 13.2 Å². The molecule has 1 aliphatic rings. The molecule has 130 valence electrons. The van der Waals surface area contributed by atoms with E-state index in [4.69, 9.17) is 5.11 Å². The third kappa shape index (κ3) is 3.34. The second-order valence-corrected chi connectivity index (χ2v) is 7.42. The quantitative estimate of drug-likeness (QED) is 0.869. The van der Waals surface area contributed by atoms with Crippen LogP contribution < -0.4 is 9.62 Å². The van der Waals surface area contributed by atoms with E-state index in [9.17, 15) is 18.0 Å². The van der Waals surface area contributed by atoms with Crippen molar-refractivity contribution in [3.05, 3.63) is 53.6 Å². The first-order chi connectivity index (χ1) is 11.8. The number of carbonyl (C=O) groups is 2. The van der Waals surface area contributed by atoms with Gasteiger partial charge in [0.2, 0.25) is 5.91 Å². The van der Waals surface area contributed by atoms with E-state index in [0.717, 1.165) is 17.3 Å². The molecule has 0 aromatic heterocycles. The Kier molecular flexibility index (Phi) is 4.22. The van der Waals surface area contributed by atoms with Crippen molar-refractivity contribution in [1.29, 1.82) is 0 Å². The van der Waals surface area contributed by atoms with Crippen molar-refractivity contribution < 1.29 is 23.1 Å². The lowest BCUT2D eigenvalue weighted by molar-refractivity contribution is -0.118. The monoisotopic (exact) mass is 360 g/mol. The Labute approximate surface area is 144 Å². The van der Waals surface area contributed by atoms with Gasteiger partial charge in [0, 0.05) is 24.8 Å². The number of carbonyl (C=O) groups excluding carboxylic acids is 1. The topological polar surface area (TPSA) is 104 Å². The lowest BCUT2D eigenvalue weighted by atomic mass is 10.0. The number of carboxylic acid groups (broad SMARTS) is 1. The first-order valence-electron chi connectivity index (χ1n) is 7.53. The molecule has 0 aliphatic carbocycles. The van der Waals surface area contributed by atoms with E-state index in [2.05, 4.69) is 4.72 Å². The van der Waals surface area contributed by atoms with Gasteiger partial charge >= 0.3 is 5.97 Å². The molecular weight excluding hydrogens is 344 g/mol. The molecule has 0 saturated carbocycles. The summed E-state index contributed by atoms with van der Waals surface area (Å²) in [6.07, 6.45) is 0.920. The Bertz CT molecular complexity index is 969. The maximum Gasteiger partial charge on any atom is 0.335 e. The summed E-state index contributed by atoms with van der Waals surface area (Å²) >= 11 is 0. The van der Waals surface area contributed by atoms with Gasteiger partial charge < -0.3 is 10.0 Å². The van der Waals surface area contributed by atoms with Crippen LogP contribution in [0.2, 0.25) is 0 Å². The van der Waals surface area contributed by atoms with Gasteiger partial charge in [-0.3, -0.25) is 9.52 Å². The van der Waals surface area contributed by atoms with E-state index in [1.54, 1.807) is 30.1 Å². The molecular formula is C17H16N2O5S. The fourth-order valence-corrected chi connectivity index (χ4v) is 3.83. The van der Waals surface area contributed by atoms with Crippen LogP contribution in [0.15, 0.2) is 47.4 Å². The Balaban J connectivity index is 1.90. The molecule has 0 bridgehead atoms. The Morgan fingerprint density at radius 3 is 2.64 bits per heavy atom. The molecule has 8 heteroatoms. The van der Waals surface area contributed by atoms with Gasteiger partial charge in [-0.1, -0.05) is 6.07 Å². The van der Waals surface area contributed by atoms with Crippen LogP contribution in [0.3, 0.4) is 0 Å². The number of fused-ring (bicyclic) bond motifs is 1. The van der Waals surface area contributed by atoms with Crippen LogP contribution in [0.25, 0.3) is 0 Å². The third-order valence-electron chi connectivity index (χ3n) is 4.07. The van der Waals surface area contributed by atoms with Crippen molar-refractivity contribution >= 4 is 33.3 Å². The molecule has 2 aromatic rings. The number of anilines is 2. The standard InChI is InChI=1S/C17H16N2O5S/c1-19-15-7-6-13(9-11(15)5-8-16(19)20)18-25(23,24)14-4-2-3-12(10-14)17(21)22/h2-4,6-7,9-10,18H,5,8H2,1H3,(H,21,22). The van der Waals surface area contributed by atoms with Crippen LogP contribution in [0.4, 0.5) is 11.4 Å². The van der Waals surface area contributed by atoms with Crippen LogP contribution in [0.5, 0.6) is 0 Å². The predicted octanol–water partition coefficient (Wildman–Crippen LogP) is 2.09. The smallest absolute Gasteiger partial charge is 0.335 e. The third-order valence-corrected chi connectivity index (χ3v) is 5.45. The Morgan fingerprint density at radius 1 is 1.16 bits per heavy atom. The molecule has 0 unspecified atom stereocenters. The van der Waals surface area contributed by atoms with Gasteiger partial charge in [0.1, 0.15) is 0 Å². The number of amides is 1. The summed E-state index contributed by atoms with van der Waals surface area (Å²) in [5.41, 5.74) is 1.89. The highest BCUT2D eigenvalue weighted by Crippen LogP contribution is 2.30. The minimum atomic E-state index is -3.91. The zero-order chi connectivity index (χ0) is 18.2. The lowest BCUT2D eigenvalue weighted by Gasteiger charge is -2.26. The molecule has 3 rings (SSSR count). The summed E-state index contributed by atoms with van der Waals surface area (Å²) in [6.45, 7) is 0. The van der Waals surface area contributed by atoms with Crippen LogP contribution in [0.1, 0.15) is 22.3 Å². The number of aryl methyl sites for hydroxylation is 1. The number of carboxylic acids is 1. The molecule has 1 amide bonds. The average molecular weight is 360 g/mol. The van der Waals surface area contributed by atoms with E-state index in [0.29, 0.717) is 18.5 Å². The molecule has 7 nitrogen and oxygen atoms in total. The molecule has 25 heavy (non-hydrogen) atoms. The van der Waals surface area contributed by atoms with E-state index in [1.165, 1.54) is 18.2 Å². The van der Waals surface area contributed by atoms with Gasteiger partial charge in [0.25, 0.3) is 10.0 Å². The first kappa shape index (κ1) is 17.0. The minimum absolute atomic E-state index is 0.0197. The zero-order valence-corrected chi connectivity index (χ0v) is 14.2. The second-order valence-electron chi connectivity index (χ2n) is 5.73. The molecule has 0 radical (unpaired) electrons. The number of nitrogens with zero attached hydrogens (tertiary/aromatic N) is 1. The van der Waals surface area contributed by atoms with Crippen molar-refractivity contribution in [3.8, 4) is 0 Å².